The van der Waals surface area contributed by atoms with Gasteiger partial charge < -0.3 is 9.30 Å². The van der Waals surface area contributed by atoms with Crippen LogP contribution in [0, 0.1) is 5.82 Å². The molecular weight excluding hydrogens is 461 g/mol. The highest BCUT2D eigenvalue weighted by molar-refractivity contribution is 7.99. The van der Waals surface area contributed by atoms with E-state index in [1.165, 1.54) is 35.6 Å². The lowest BCUT2D eigenvalue weighted by atomic mass is 10.3. The number of thiazole rings is 1. The predicted molar refractivity (Wildman–Crippen MR) is 120 cm³/mol. The fraction of sp³-hybridized carbons (Fsp3) is 0.300. The molecule has 3 aromatic rings. The molecule has 0 radical (unpaired) electrons. The van der Waals surface area contributed by atoms with Crippen LogP contribution in [0.15, 0.2) is 57.2 Å². The van der Waals surface area contributed by atoms with Crippen LogP contribution in [0.25, 0.3) is 10.2 Å². The van der Waals surface area contributed by atoms with Gasteiger partial charge in [-0.15, -0.1) is 11.8 Å². The average Bonchev–Trinajstić information content (AvgIpc) is 3.06. The smallest absolute Gasteiger partial charge is 0.248 e. The summed E-state index contributed by atoms with van der Waals surface area (Å²) in [6.07, 6.45) is 0.901. The number of methoxy groups -OCH3 is 1. The number of benzene rings is 2. The van der Waals surface area contributed by atoms with E-state index in [0.29, 0.717) is 34.8 Å². The molecule has 0 aliphatic rings. The van der Waals surface area contributed by atoms with Gasteiger partial charge in [-0.1, -0.05) is 11.3 Å². The zero-order valence-electron chi connectivity index (χ0n) is 16.8. The first kappa shape index (κ1) is 23.6. The van der Waals surface area contributed by atoms with Crippen molar-refractivity contribution in [3.05, 3.63) is 53.1 Å². The van der Waals surface area contributed by atoms with Gasteiger partial charge in [0.1, 0.15) is 5.82 Å². The lowest BCUT2D eigenvalue weighted by molar-refractivity contribution is -0.118. The largest absolute Gasteiger partial charge is 0.383 e. The minimum absolute atomic E-state index is 0.0100. The summed E-state index contributed by atoms with van der Waals surface area (Å²) < 4.78 is 43.9. The third kappa shape index (κ3) is 6.47. The number of hydrogen-bond donors (Lipinski definition) is 1. The summed E-state index contributed by atoms with van der Waals surface area (Å²) in [5.41, 5.74) is 0.757. The van der Waals surface area contributed by atoms with Gasteiger partial charge in [-0.2, -0.15) is 4.99 Å². The highest BCUT2D eigenvalue weighted by Crippen LogP contribution is 2.22. The Kier molecular flexibility index (Phi) is 8.00. The number of thioether (sulfide) groups is 1. The molecule has 166 valence electrons. The summed E-state index contributed by atoms with van der Waals surface area (Å²) in [6, 6.07) is 10.8. The van der Waals surface area contributed by atoms with Gasteiger partial charge in [0.15, 0.2) is 4.80 Å². The molecule has 0 saturated heterocycles. The van der Waals surface area contributed by atoms with E-state index in [1.54, 1.807) is 37.1 Å². The van der Waals surface area contributed by atoms with Crippen molar-refractivity contribution in [2.24, 2.45) is 10.1 Å². The monoisotopic (exact) mass is 483 g/mol. The van der Waals surface area contributed by atoms with E-state index in [1.807, 2.05) is 4.57 Å². The van der Waals surface area contributed by atoms with Gasteiger partial charge in [0, 0.05) is 25.0 Å². The number of halogens is 1. The van der Waals surface area contributed by atoms with E-state index in [0.717, 1.165) is 10.4 Å². The second-order valence-corrected chi connectivity index (χ2v) is 10.4. The molecule has 1 heterocycles. The number of aromatic nitrogens is 1. The van der Waals surface area contributed by atoms with Crippen LogP contribution < -0.4 is 9.94 Å². The Balaban J connectivity index is 1.75. The summed E-state index contributed by atoms with van der Waals surface area (Å²) in [4.78, 5) is 18.1. The topological polar surface area (TPSA) is 104 Å². The molecule has 0 aliphatic carbocycles. The summed E-state index contributed by atoms with van der Waals surface area (Å²) >= 11 is 2.78. The van der Waals surface area contributed by atoms with Crippen molar-refractivity contribution < 1.29 is 22.3 Å². The molecule has 1 aromatic heterocycles. The van der Waals surface area contributed by atoms with Gasteiger partial charge in [-0.05, 0) is 54.6 Å². The first-order valence-corrected chi connectivity index (χ1v) is 12.7. The van der Waals surface area contributed by atoms with Crippen molar-refractivity contribution in [1.29, 1.82) is 0 Å². The predicted octanol–water partition coefficient (Wildman–Crippen LogP) is 3.14. The van der Waals surface area contributed by atoms with Gasteiger partial charge in [0.25, 0.3) is 0 Å². The Morgan fingerprint density at radius 3 is 2.68 bits per heavy atom. The Labute approximate surface area is 187 Å². The molecule has 1 amide bonds. The van der Waals surface area contributed by atoms with Crippen molar-refractivity contribution in [2.75, 3.05) is 19.5 Å². The third-order valence-electron chi connectivity index (χ3n) is 4.34. The molecular formula is C20H22FN3O4S3. The van der Waals surface area contributed by atoms with Crippen LogP contribution in [0.3, 0.4) is 0 Å². The lowest BCUT2D eigenvalue weighted by Gasteiger charge is -2.05. The number of amides is 1. The molecule has 0 aliphatic heterocycles. The second-order valence-electron chi connectivity index (χ2n) is 6.62. The molecule has 0 saturated carbocycles. The Bertz CT molecular complexity index is 1230. The number of carbonyl (C=O) groups excluding carboxylic acids is 1. The number of nitrogens with two attached hydrogens (primary N) is 1. The van der Waals surface area contributed by atoms with Crippen LogP contribution in [0.2, 0.25) is 0 Å². The first-order chi connectivity index (χ1) is 14.8. The maximum absolute atomic E-state index is 12.9. The molecule has 11 heteroatoms. The minimum Gasteiger partial charge on any atom is -0.383 e. The molecule has 2 aromatic carbocycles. The zero-order valence-corrected chi connectivity index (χ0v) is 19.2. The van der Waals surface area contributed by atoms with Crippen molar-refractivity contribution in [3.63, 3.8) is 0 Å². The fourth-order valence-corrected chi connectivity index (χ4v) is 5.40. The van der Waals surface area contributed by atoms with E-state index < -0.39 is 10.0 Å². The van der Waals surface area contributed by atoms with Crippen molar-refractivity contribution in [1.82, 2.24) is 4.57 Å². The molecule has 31 heavy (non-hydrogen) atoms. The van der Waals surface area contributed by atoms with Crippen molar-refractivity contribution >= 4 is 49.2 Å². The maximum Gasteiger partial charge on any atom is 0.248 e. The number of sulfonamides is 1. The van der Waals surface area contributed by atoms with E-state index >= 15 is 0 Å². The van der Waals surface area contributed by atoms with Crippen molar-refractivity contribution in [3.8, 4) is 0 Å². The van der Waals surface area contributed by atoms with Crippen LogP contribution in [-0.2, 0) is 26.1 Å². The Hall–Kier alpha value is -2.05. The van der Waals surface area contributed by atoms with Crippen LogP contribution in [0.1, 0.15) is 12.8 Å². The third-order valence-corrected chi connectivity index (χ3v) is 7.39. The second kappa shape index (κ2) is 10.5. The van der Waals surface area contributed by atoms with Gasteiger partial charge in [-0.3, -0.25) is 4.79 Å². The summed E-state index contributed by atoms with van der Waals surface area (Å²) in [5.74, 6) is 0.171. The van der Waals surface area contributed by atoms with E-state index in [2.05, 4.69) is 4.99 Å². The number of fused-ring (bicyclic) bond motifs is 1. The zero-order chi connectivity index (χ0) is 22.4. The van der Waals surface area contributed by atoms with Crippen LogP contribution in [0.4, 0.5) is 4.39 Å². The molecule has 7 nitrogen and oxygen atoms in total. The standard InChI is InChI=1S/C20H22FN3O4S3/c1-28-11-10-24-17-9-8-16(31(22,26)27)13-18(17)30-20(24)23-19(25)3-2-12-29-15-6-4-14(21)5-7-15/h4-9,13H,2-3,10-12H2,1H3,(H2,22,26,27). The van der Waals surface area contributed by atoms with Gasteiger partial charge in [0.2, 0.25) is 15.9 Å². The first-order valence-electron chi connectivity index (χ1n) is 9.39. The number of ether oxygens (including phenoxy) is 1. The molecule has 3 rings (SSSR count). The van der Waals surface area contributed by atoms with Crippen LogP contribution in [0.5, 0.6) is 0 Å². The normalized spacial score (nSPS) is 12.5. The van der Waals surface area contributed by atoms with E-state index in [4.69, 9.17) is 9.88 Å². The number of primary sulfonamides is 1. The SMILES string of the molecule is COCCn1c(=NC(=O)CCCSc2ccc(F)cc2)sc2cc(S(N)(=O)=O)ccc21. The molecule has 0 spiro atoms. The molecule has 0 atom stereocenters. The number of nitrogens with zero attached hydrogens (tertiary/aromatic N) is 2. The van der Waals surface area contributed by atoms with Crippen LogP contribution >= 0.6 is 23.1 Å². The van der Waals surface area contributed by atoms with Crippen LogP contribution in [-0.4, -0.2) is 38.4 Å². The Morgan fingerprint density at radius 2 is 2.00 bits per heavy atom. The summed E-state index contributed by atoms with van der Waals surface area (Å²) in [7, 11) is -2.25. The average molecular weight is 484 g/mol. The quantitative estimate of drug-likeness (QED) is 0.372. The molecule has 0 fully saturated rings. The number of carbonyl (C=O) groups is 1. The molecule has 0 bridgehead atoms. The van der Waals surface area contributed by atoms with E-state index in [9.17, 15) is 17.6 Å². The maximum atomic E-state index is 12.9. The fourth-order valence-electron chi connectivity index (χ4n) is 2.82. The number of rotatable bonds is 9. The minimum atomic E-state index is -3.83. The highest BCUT2D eigenvalue weighted by Gasteiger charge is 2.13. The summed E-state index contributed by atoms with van der Waals surface area (Å²) in [6.45, 7) is 0.885. The van der Waals surface area contributed by atoms with Gasteiger partial charge >= 0.3 is 0 Å². The molecule has 0 unspecified atom stereocenters. The lowest BCUT2D eigenvalue weighted by Crippen LogP contribution is -2.19. The van der Waals surface area contributed by atoms with Gasteiger partial charge in [-0.25, -0.2) is 17.9 Å². The van der Waals surface area contributed by atoms with E-state index in [-0.39, 0.29) is 23.0 Å². The van der Waals surface area contributed by atoms with Gasteiger partial charge in [0.05, 0.1) is 21.7 Å². The number of hydrogen-bond acceptors (Lipinski definition) is 6. The highest BCUT2D eigenvalue weighted by atomic mass is 32.2. The van der Waals surface area contributed by atoms with Crippen molar-refractivity contribution in [2.45, 2.75) is 29.2 Å². The Morgan fingerprint density at radius 1 is 1.26 bits per heavy atom. The summed E-state index contributed by atoms with van der Waals surface area (Å²) in [5, 5.41) is 5.22. The molecule has 2 N–H and O–H groups in total.